The fourth-order valence-electron chi connectivity index (χ4n) is 3.42. The van der Waals surface area contributed by atoms with E-state index in [9.17, 15) is 5.11 Å². The molecule has 0 bridgehead atoms. The van der Waals surface area contributed by atoms with Crippen molar-refractivity contribution in [3.8, 4) is 0 Å². The first-order valence-corrected chi connectivity index (χ1v) is 7.53. The van der Waals surface area contributed by atoms with Crippen LogP contribution >= 0.6 is 0 Å². The average Bonchev–Trinajstić information content (AvgIpc) is 2.39. The van der Waals surface area contributed by atoms with Crippen LogP contribution in [0.5, 0.6) is 0 Å². The van der Waals surface area contributed by atoms with Crippen LogP contribution in [-0.4, -0.2) is 29.6 Å². The fraction of sp³-hybridized carbons (Fsp3) is 0.647. The van der Waals surface area contributed by atoms with Crippen molar-refractivity contribution in [2.75, 3.05) is 13.6 Å². The van der Waals surface area contributed by atoms with Gasteiger partial charge in [0, 0.05) is 12.6 Å². The Bertz CT molecular complexity index is 404. The predicted molar refractivity (Wildman–Crippen MR) is 80.2 cm³/mol. The highest BCUT2D eigenvalue weighted by molar-refractivity contribution is 5.27. The van der Waals surface area contributed by atoms with E-state index in [-0.39, 0.29) is 6.10 Å². The van der Waals surface area contributed by atoms with Gasteiger partial charge in [-0.25, -0.2) is 0 Å². The minimum Gasteiger partial charge on any atom is -0.387 e. The summed E-state index contributed by atoms with van der Waals surface area (Å²) in [6.07, 6.45) is 4.93. The zero-order chi connectivity index (χ0) is 13.8. The van der Waals surface area contributed by atoms with E-state index in [1.54, 1.807) is 0 Å². The van der Waals surface area contributed by atoms with Crippen molar-refractivity contribution in [3.63, 3.8) is 0 Å². The van der Waals surface area contributed by atoms with Crippen LogP contribution in [0.15, 0.2) is 24.3 Å². The number of hydrogen-bond acceptors (Lipinski definition) is 2. The summed E-state index contributed by atoms with van der Waals surface area (Å²) in [5, 5.41) is 10.4. The summed E-state index contributed by atoms with van der Waals surface area (Å²) in [5.41, 5.74) is 2.25. The quantitative estimate of drug-likeness (QED) is 0.896. The summed E-state index contributed by atoms with van der Waals surface area (Å²) in [5.74, 6) is 0.753. The van der Waals surface area contributed by atoms with Crippen molar-refractivity contribution >= 4 is 0 Å². The van der Waals surface area contributed by atoms with Crippen LogP contribution in [0.3, 0.4) is 0 Å². The minimum absolute atomic E-state index is 0.375. The van der Waals surface area contributed by atoms with Gasteiger partial charge in [0.2, 0.25) is 0 Å². The van der Waals surface area contributed by atoms with Crippen LogP contribution in [0, 0.1) is 12.8 Å². The largest absolute Gasteiger partial charge is 0.387 e. The molecular weight excluding hydrogens is 234 g/mol. The molecule has 106 valence electrons. The van der Waals surface area contributed by atoms with Gasteiger partial charge < -0.3 is 10.0 Å². The molecule has 0 amide bonds. The minimum atomic E-state index is -0.375. The lowest BCUT2D eigenvalue weighted by Crippen LogP contribution is -2.41. The third-order valence-corrected chi connectivity index (χ3v) is 4.64. The molecule has 2 rings (SSSR count). The third kappa shape index (κ3) is 3.58. The molecule has 1 aromatic rings. The first-order valence-electron chi connectivity index (χ1n) is 7.53. The number of aryl methyl sites for hydroxylation is 1. The molecule has 3 unspecified atom stereocenters. The Labute approximate surface area is 117 Å². The Kier molecular flexibility index (Phi) is 5.00. The van der Waals surface area contributed by atoms with E-state index in [4.69, 9.17) is 0 Å². The van der Waals surface area contributed by atoms with Crippen LogP contribution in [-0.2, 0) is 0 Å². The number of nitrogens with zero attached hydrogens (tertiary/aromatic N) is 1. The second kappa shape index (κ2) is 6.53. The maximum absolute atomic E-state index is 10.4. The van der Waals surface area contributed by atoms with Crippen molar-refractivity contribution < 1.29 is 5.11 Å². The highest BCUT2D eigenvalue weighted by Crippen LogP contribution is 2.28. The topological polar surface area (TPSA) is 23.5 Å². The monoisotopic (exact) mass is 261 g/mol. The molecule has 1 N–H and O–H groups in total. The van der Waals surface area contributed by atoms with Crippen LogP contribution in [0.1, 0.15) is 49.8 Å². The standard InChI is InChI=1S/C17H27NO/c1-13-8-4-6-10-15(13)17(19)12-18(3)16-11-7-5-9-14(16)2/h4,6,8,10,14,16-17,19H,5,7,9,11-12H2,1-3H3. The smallest absolute Gasteiger partial charge is 0.0919 e. The lowest BCUT2D eigenvalue weighted by atomic mass is 9.85. The van der Waals surface area contributed by atoms with E-state index < -0.39 is 0 Å². The number of hydrogen-bond donors (Lipinski definition) is 1. The molecule has 1 fully saturated rings. The van der Waals surface area contributed by atoms with Crippen LogP contribution < -0.4 is 0 Å². The molecule has 0 heterocycles. The highest BCUT2D eigenvalue weighted by Gasteiger charge is 2.26. The second-order valence-electron chi connectivity index (χ2n) is 6.14. The molecule has 3 atom stereocenters. The summed E-state index contributed by atoms with van der Waals surface area (Å²) in [7, 11) is 2.16. The van der Waals surface area contributed by atoms with Gasteiger partial charge in [-0.1, -0.05) is 44.0 Å². The number of aliphatic hydroxyl groups is 1. The normalized spacial score (nSPS) is 25.5. The Hall–Kier alpha value is -0.860. The summed E-state index contributed by atoms with van der Waals surface area (Å²) in [6.45, 7) is 5.15. The van der Waals surface area contributed by atoms with Crippen molar-refractivity contribution in [2.45, 2.75) is 51.7 Å². The van der Waals surface area contributed by atoms with Crippen LogP contribution in [0.25, 0.3) is 0 Å². The van der Waals surface area contributed by atoms with Gasteiger partial charge >= 0.3 is 0 Å². The molecule has 1 saturated carbocycles. The maximum atomic E-state index is 10.4. The lowest BCUT2D eigenvalue weighted by Gasteiger charge is -2.37. The maximum Gasteiger partial charge on any atom is 0.0919 e. The van der Waals surface area contributed by atoms with Gasteiger partial charge in [0.1, 0.15) is 0 Å². The van der Waals surface area contributed by atoms with Crippen LogP contribution in [0.2, 0.25) is 0 Å². The van der Waals surface area contributed by atoms with Crippen molar-refractivity contribution in [2.24, 2.45) is 5.92 Å². The summed E-state index contributed by atoms with van der Waals surface area (Å²) in [4.78, 5) is 2.36. The molecule has 1 aliphatic rings. The van der Waals surface area contributed by atoms with E-state index in [0.29, 0.717) is 6.04 Å². The van der Waals surface area contributed by atoms with Gasteiger partial charge in [0.05, 0.1) is 6.10 Å². The molecule has 19 heavy (non-hydrogen) atoms. The van der Waals surface area contributed by atoms with E-state index >= 15 is 0 Å². The van der Waals surface area contributed by atoms with Gasteiger partial charge in [-0.05, 0) is 43.9 Å². The molecule has 0 aromatic heterocycles. The summed E-state index contributed by atoms with van der Waals surface area (Å²) in [6, 6.07) is 8.78. The van der Waals surface area contributed by atoms with E-state index in [1.807, 2.05) is 18.2 Å². The number of benzene rings is 1. The summed E-state index contributed by atoms with van der Waals surface area (Å²) >= 11 is 0. The van der Waals surface area contributed by atoms with Crippen molar-refractivity contribution in [3.05, 3.63) is 35.4 Å². The third-order valence-electron chi connectivity index (χ3n) is 4.64. The van der Waals surface area contributed by atoms with Gasteiger partial charge in [-0.3, -0.25) is 0 Å². The molecule has 2 heteroatoms. The zero-order valence-electron chi connectivity index (χ0n) is 12.5. The fourth-order valence-corrected chi connectivity index (χ4v) is 3.42. The van der Waals surface area contributed by atoms with Gasteiger partial charge in [0.15, 0.2) is 0 Å². The molecule has 0 spiro atoms. The molecule has 1 aliphatic carbocycles. The van der Waals surface area contributed by atoms with Crippen molar-refractivity contribution in [1.29, 1.82) is 0 Å². The molecular formula is C17H27NO. The Morgan fingerprint density at radius 3 is 2.63 bits per heavy atom. The van der Waals surface area contributed by atoms with E-state index in [0.717, 1.165) is 18.0 Å². The molecule has 1 aromatic carbocycles. The zero-order valence-corrected chi connectivity index (χ0v) is 12.5. The number of rotatable bonds is 4. The van der Waals surface area contributed by atoms with E-state index in [2.05, 4.69) is 31.9 Å². The van der Waals surface area contributed by atoms with Gasteiger partial charge in [-0.15, -0.1) is 0 Å². The summed E-state index contributed by atoms with van der Waals surface area (Å²) < 4.78 is 0. The first-order chi connectivity index (χ1) is 9.09. The van der Waals surface area contributed by atoms with E-state index in [1.165, 1.54) is 31.2 Å². The SMILES string of the molecule is Cc1ccccc1C(O)CN(C)C1CCCCC1C. The van der Waals surface area contributed by atoms with Gasteiger partial charge in [0.25, 0.3) is 0 Å². The average molecular weight is 261 g/mol. The Balaban J connectivity index is 1.98. The lowest BCUT2D eigenvalue weighted by molar-refractivity contribution is 0.0707. The Morgan fingerprint density at radius 2 is 1.95 bits per heavy atom. The number of aliphatic hydroxyl groups excluding tert-OH is 1. The molecule has 2 nitrogen and oxygen atoms in total. The number of likely N-dealkylation sites (N-methyl/N-ethyl adjacent to an activating group) is 1. The molecule has 0 radical (unpaired) electrons. The first kappa shape index (κ1) is 14.5. The van der Waals surface area contributed by atoms with Crippen LogP contribution in [0.4, 0.5) is 0 Å². The molecule has 0 saturated heterocycles. The Morgan fingerprint density at radius 1 is 1.26 bits per heavy atom. The van der Waals surface area contributed by atoms with Crippen molar-refractivity contribution in [1.82, 2.24) is 4.90 Å². The second-order valence-corrected chi connectivity index (χ2v) is 6.14. The van der Waals surface area contributed by atoms with Gasteiger partial charge in [-0.2, -0.15) is 0 Å². The molecule has 0 aliphatic heterocycles. The predicted octanol–water partition coefficient (Wildman–Crippen LogP) is 3.54. The highest BCUT2D eigenvalue weighted by atomic mass is 16.3.